The van der Waals surface area contributed by atoms with Crippen molar-refractivity contribution in [3.05, 3.63) is 72.1 Å². The molecule has 1 amide bonds. The molecule has 3 rings (SSSR count). The van der Waals surface area contributed by atoms with E-state index in [9.17, 15) is 13.2 Å². The van der Waals surface area contributed by atoms with E-state index in [1.54, 1.807) is 32.0 Å². The lowest BCUT2D eigenvalue weighted by Gasteiger charge is -2.17. The highest BCUT2D eigenvalue weighted by Gasteiger charge is 2.20. The van der Waals surface area contributed by atoms with Crippen molar-refractivity contribution in [1.29, 1.82) is 0 Å². The molecule has 1 aromatic heterocycles. The Morgan fingerprint density at radius 3 is 2.19 bits per heavy atom. The molecule has 8 nitrogen and oxygen atoms in total. The van der Waals surface area contributed by atoms with E-state index in [1.807, 2.05) is 25.1 Å². The number of carbonyl (C=O) groups is 1. The van der Waals surface area contributed by atoms with Gasteiger partial charge in [0.15, 0.2) is 6.10 Å². The fourth-order valence-electron chi connectivity index (χ4n) is 2.88. The van der Waals surface area contributed by atoms with E-state index in [4.69, 9.17) is 4.74 Å². The van der Waals surface area contributed by atoms with Crippen molar-refractivity contribution in [3.8, 4) is 5.75 Å². The molecule has 31 heavy (non-hydrogen) atoms. The summed E-state index contributed by atoms with van der Waals surface area (Å²) in [7, 11) is -3.87. The lowest BCUT2D eigenvalue weighted by molar-refractivity contribution is -0.122. The maximum absolute atomic E-state index is 12.6. The van der Waals surface area contributed by atoms with Gasteiger partial charge < -0.3 is 10.1 Å². The lowest BCUT2D eigenvalue weighted by atomic mass is 10.2. The Hall–Kier alpha value is -3.46. The SMILES string of the molecule is CCC(Oc1ccccc1)C(=O)Nc1ccc(S(=O)(=O)Nc2nc(C)cc(C)n2)cc1. The molecule has 1 atom stereocenters. The third kappa shape index (κ3) is 6.02. The highest BCUT2D eigenvalue weighted by molar-refractivity contribution is 7.92. The second-order valence-corrected chi connectivity index (χ2v) is 8.60. The van der Waals surface area contributed by atoms with E-state index in [1.165, 1.54) is 24.3 Å². The van der Waals surface area contributed by atoms with Gasteiger partial charge in [0, 0.05) is 17.1 Å². The fraction of sp³-hybridized carbons (Fsp3) is 0.227. The Morgan fingerprint density at radius 1 is 1.00 bits per heavy atom. The van der Waals surface area contributed by atoms with Gasteiger partial charge in [0.25, 0.3) is 15.9 Å². The van der Waals surface area contributed by atoms with E-state index in [2.05, 4.69) is 20.0 Å². The van der Waals surface area contributed by atoms with Gasteiger partial charge in [-0.2, -0.15) is 0 Å². The number of aryl methyl sites for hydroxylation is 2. The van der Waals surface area contributed by atoms with Crippen LogP contribution in [0.3, 0.4) is 0 Å². The second kappa shape index (κ2) is 9.57. The standard InChI is InChI=1S/C22H24N4O4S/c1-4-20(30-18-8-6-5-7-9-18)21(27)25-17-10-12-19(13-11-17)31(28,29)26-22-23-15(2)14-16(3)24-22/h5-14,20H,4H2,1-3H3,(H,25,27)(H,23,24,26). The maximum Gasteiger partial charge on any atom is 0.265 e. The maximum atomic E-state index is 12.6. The molecule has 0 saturated carbocycles. The first-order chi connectivity index (χ1) is 14.8. The Kier molecular flexibility index (Phi) is 6.86. The first-order valence-electron chi connectivity index (χ1n) is 9.74. The van der Waals surface area contributed by atoms with Crippen molar-refractivity contribution in [3.63, 3.8) is 0 Å². The van der Waals surface area contributed by atoms with Crippen LogP contribution in [0.5, 0.6) is 5.75 Å². The number of anilines is 2. The van der Waals surface area contributed by atoms with Crippen LogP contribution in [-0.4, -0.2) is 30.4 Å². The van der Waals surface area contributed by atoms with Gasteiger partial charge in [-0.1, -0.05) is 25.1 Å². The van der Waals surface area contributed by atoms with Crippen LogP contribution in [0, 0.1) is 13.8 Å². The van der Waals surface area contributed by atoms with Crippen molar-refractivity contribution in [2.24, 2.45) is 0 Å². The molecule has 1 unspecified atom stereocenters. The molecule has 0 fully saturated rings. The molecule has 0 aliphatic heterocycles. The van der Waals surface area contributed by atoms with Gasteiger partial charge in [0.1, 0.15) is 5.75 Å². The van der Waals surface area contributed by atoms with Gasteiger partial charge in [0.05, 0.1) is 4.90 Å². The van der Waals surface area contributed by atoms with E-state index in [0.717, 1.165) is 0 Å². The van der Waals surface area contributed by atoms with Crippen LogP contribution in [0.2, 0.25) is 0 Å². The molecule has 9 heteroatoms. The molecule has 1 heterocycles. The van der Waals surface area contributed by atoms with Crippen molar-refractivity contribution in [2.45, 2.75) is 38.2 Å². The minimum Gasteiger partial charge on any atom is -0.481 e. The van der Waals surface area contributed by atoms with Crippen molar-refractivity contribution >= 4 is 27.6 Å². The van der Waals surface area contributed by atoms with Crippen LogP contribution in [0.4, 0.5) is 11.6 Å². The molecule has 0 aliphatic rings. The van der Waals surface area contributed by atoms with Gasteiger partial charge >= 0.3 is 0 Å². The highest BCUT2D eigenvalue weighted by Crippen LogP contribution is 2.18. The molecule has 162 valence electrons. The minimum absolute atomic E-state index is 0.0127. The monoisotopic (exact) mass is 440 g/mol. The van der Waals surface area contributed by atoms with E-state index >= 15 is 0 Å². The van der Waals surface area contributed by atoms with Gasteiger partial charge in [-0.15, -0.1) is 0 Å². The number of nitrogens with one attached hydrogen (secondary N) is 2. The summed E-state index contributed by atoms with van der Waals surface area (Å²) in [4.78, 5) is 20.8. The normalized spacial score (nSPS) is 12.1. The Labute approximate surface area is 181 Å². The topological polar surface area (TPSA) is 110 Å². The Morgan fingerprint density at radius 2 is 1.61 bits per heavy atom. The zero-order chi connectivity index (χ0) is 22.4. The molecule has 2 aromatic carbocycles. The summed E-state index contributed by atoms with van der Waals surface area (Å²) < 4.78 is 33.3. The largest absolute Gasteiger partial charge is 0.481 e. The number of aromatic nitrogens is 2. The summed E-state index contributed by atoms with van der Waals surface area (Å²) in [6.45, 7) is 5.37. The number of hydrogen-bond acceptors (Lipinski definition) is 6. The van der Waals surface area contributed by atoms with Crippen molar-refractivity contribution in [1.82, 2.24) is 9.97 Å². The molecule has 0 spiro atoms. The number of nitrogens with zero attached hydrogens (tertiary/aromatic N) is 2. The second-order valence-electron chi connectivity index (χ2n) is 6.92. The molecule has 0 radical (unpaired) electrons. The van der Waals surface area contributed by atoms with Crippen LogP contribution in [0.25, 0.3) is 0 Å². The highest BCUT2D eigenvalue weighted by atomic mass is 32.2. The van der Waals surface area contributed by atoms with Gasteiger partial charge in [0.2, 0.25) is 5.95 Å². The van der Waals surface area contributed by atoms with Gasteiger partial charge in [-0.3, -0.25) is 4.79 Å². The van der Waals surface area contributed by atoms with E-state index in [-0.39, 0.29) is 16.8 Å². The molecule has 3 aromatic rings. The number of carbonyl (C=O) groups excluding carboxylic acids is 1. The van der Waals surface area contributed by atoms with Crippen LogP contribution >= 0.6 is 0 Å². The summed E-state index contributed by atoms with van der Waals surface area (Å²) >= 11 is 0. The average molecular weight is 441 g/mol. The molecular formula is C22H24N4O4S. The van der Waals surface area contributed by atoms with Crippen LogP contribution < -0.4 is 14.8 Å². The first-order valence-corrected chi connectivity index (χ1v) is 11.2. The summed E-state index contributed by atoms with van der Waals surface area (Å²) in [6, 6.07) is 16.7. The number of rotatable bonds is 8. The van der Waals surface area contributed by atoms with E-state index in [0.29, 0.717) is 29.2 Å². The Bertz CT molecular complexity index is 1130. The predicted octanol–water partition coefficient (Wildman–Crippen LogP) is 3.69. The van der Waals surface area contributed by atoms with E-state index < -0.39 is 16.1 Å². The summed E-state index contributed by atoms with van der Waals surface area (Å²) in [5.74, 6) is 0.299. The number of para-hydroxylation sites is 1. The zero-order valence-electron chi connectivity index (χ0n) is 17.5. The first kappa shape index (κ1) is 22.2. The number of hydrogen-bond donors (Lipinski definition) is 2. The van der Waals surface area contributed by atoms with Crippen LogP contribution in [0.15, 0.2) is 65.6 Å². The smallest absolute Gasteiger partial charge is 0.265 e. The minimum atomic E-state index is -3.87. The molecular weight excluding hydrogens is 416 g/mol. The van der Waals surface area contributed by atoms with Gasteiger partial charge in [-0.05, 0) is 62.7 Å². The number of benzene rings is 2. The molecule has 0 aliphatic carbocycles. The number of sulfonamides is 1. The third-order valence-electron chi connectivity index (χ3n) is 4.32. The molecule has 0 bridgehead atoms. The van der Waals surface area contributed by atoms with Gasteiger partial charge in [-0.25, -0.2) is 23.1 Å². The lowest BCUT2D eigenvalue weighted by Crippen LogP contribution is -2.32. The zero-order valence-corrected chi connectivity index (χ0v) is 18.3. The average Bonchev–Trinajstić information content (AvgIpc) is 2.72. The third-order valence-corrected chi connectivity index (χ3v) is 5.67. The number of ether oxygens (including phenoxy) is 1. The summed E-state index contributed by atoms with van der Waals surface area (Å²) in [6.07, 6.45) is -0.193. The van der Waals surface area contributed by atoms with Crippen molar-refractivity contribution < 1.29 is 17.9 Å². The summed E-state index contributed by atoms with van der Waals surface area (Å²) in [5, 5.41) is 2.75. The quantitative estimate of drug-likeness (QED) is 0.553. The van der Waals surface area contributed by atoms with Crippen LogP contribution in [0.1, 0.15) is 24.7 Å². The van der Waals surface area contributed by atoms with Crippen LogP contribution in [-0.2, 0) is 14.8 Å². The summed E-state index contributed by atoms with van der Waals surface area (Å²) in [5.41, 5.74) is 1.78. The van der Waals surface area contributed by atoms with Crippen molar-refractivity contribution in [2.75, 3.05) is 10.0 Å². The fourth-order valence-corrected chi connectivity index (χ4v) is 3.82. The number of amides is 1. The molecule has 2 N–H and O–H groups in total. The Balaban J connectivity index is 1.68. The predicted molar refractivity (Wildman–Crippen MR) is 119 cm³/mol. The molecule has 0 saturated heterocycles.